The molecule has 2 aliphatic rings. The molecular weight excluding hydrogens is 584 g/mol. The molecule has 0 saturated carbocycles. The van der Waals surface area contributed by atoms with Gasteiger partial charge in [-0.05, 0) is 58.2 Å². The Morgan fingerprint density at radius 3 is 2.44 bits per heavy atom. The van der Waals surface area contributed by atoms with Gasteiger partial charge in [-0.2, -0.15) is 0 Å². The Morgan fingerprint density at radius 1 is 1.16 bits per heavy atom. The summed E-state index contributed by atoms with van der Waals surface area (Å²) in [5, 5.41) is 12.3. The van der Waals surface area contributed by atoms with Crippen molar-refractivity contribution in [3.8, 4) is 5.75 Å². The lowest BCUT2D eigenvalue weighted by Crippen LogP contribution is -2.56. The highest BCUT2D eigenvalue weighted by Crippen LogP contribution is 2.41. The lowest BCUT2D eigenvalue weighted by atomic mass is 9.95. The van der Waals surface area contributed by atoms with Crippen LogP contribution in [0.4, 0.5) is 10.5 Å². The van der Waals surface area contributed by atoms with E-state index in [0.29, 0.717) is 42.0 Å². The first-order valence-electron chi connectivity index (χ1n) is 15.6. The number of nitrogens with one attached hydrogen (secondary N) is 1. The fourth-order valence-corrected chi connectivity index (χ4v) is 5.66. The van der Waals surface area contributed by atoms with E-state index in [1.165, 1.54) is 23.6 Å². The quantitative estimate of drug-likeness (QED) is 0.277. The van der Waals surface area contributed by atoms with E-state index in [2.05, 4.69) is 5.32 Å². The molecule has 4 amide bonds. The van der Waals surface area contributed by atoms with Crippen LogP contribution in [0, 0.1) is 12.8 Å². The van der Waals surface area contributed by atoms with Crippen LogP contribution in [-0.2, 0) is 23.9 Å². The molecule has 1 saturated heterocycles. The van der Waals surface area contributed by atoms with Crippen molar-refractivity contribution in [2.75, 3.05) is 37.7 Å². The molecule has 3 atom stereocenters. The van der Waals surface area contributed by atoms with Crippen molar-refractivity contribution in [3.05, 3.63) is 23.3 Å². The minimum atomic E-state index is -1.31. The van der Waals surface area contributed by atoms with Crippen LogP contribution in [0.5, 0.6) is 5.75 Å². The standard InChI is InChI=1S/C32H48N4O9/c1-19(2)29(40)43-23(7)44-31(42)34-13-9-10-24(18-34)36(20(3)4)28(39)25-17-26-27(16-21(25)5)45-32(8,11-15-37)30(41)35(26)14-12-33-22(6)38/h16-17,19-20,23-24,37H,9-15,18H2,1-8H3,(H,33,38)/t23?,24-,32+/m1/s1. The first kappa shape index (κ1) is 35.6. The largest absolute Gasteiger partial charge is 0.475 e. The Kier molecular flexibility index (Phi) is 11.8. The SMILES string of the molecule is CC(=O)NCCN1C(=O)[C@](C)(CCO)Oc2cc(C)c(C(=O)N(C(C)C)[C@@H]3CCCN(C(=O)OC(C)OC(=O)C(C)C)C3)cc21. The van der Waals surface area contributed by atoms with Crippen molar-refractivity contribution in [2.24, 2.45) is 5.92 Å². The summed E-state index contributed by atoms with van der Waals surface area (Å²) in [7, 11) is 0. The Balaban J connectivity index is 1.88. The lowest BCUT2D eigenvalue weighted by molar-refractivity contribution is -0.170. The van der Waals surface area contributed by atoms with E-state index >= 15 is 0 Å². The molecule has 1 unspecified atom stereocenters. The summed E-state index contributed by atoms with van der Waals surface area (Å²) >= 11 is 0. The predicted molar refractivity (Wildman–Crippen MR) is 166 cm³/mol. The van der Waals surface area contributed by atoms with Crippen LogP contribution in [-0.4, -0.2) is 101 Å². The fourth-order valence-electron chi connectivity index (χ4n) is 5.66. The van der Waals surface area contributed by atoms with Crippen molar-refractivity contribution in [1.29, 1.82) is 0 Å². The van der Waals surface area contributed by atoms with Gasteiger partial charge < -0.3 is 39.3 Å². The van der Waals surface area contributed by atoms with E-state index in [1.54, 1.807) is 44.7 Å². The van der Waals surface area contributed by atoms with Gasteiger partial charge in [0.15, 0.2) is 5.60 Å². The third-order valence-electron chi connectivity index (χ3n) is 8.02. The van der Waals surface area contributed by atoms with Gasteiger partial charge in [-0.15, -0.1) is 0 Å². The molecule has 0 aromatic heterocycles. The number of aryl methyl sites for hydroxylation is 1. The fraction of sp³-hybridized carbons (Fsp3) is 0.656. The Morgan fingerprint density at radius 2 is 1.84 bits per heavy atom. The van der Waals surface area contributed by atoms with Crippen molar-refractivity contribution >= 4 is 35.5 Å². The van der Waals surface area contributed by atoms with Gasteiger partial charge in [-0.1, -0.05) is 13.8 Å². The van der Waals surface area contributed by atoms with Crippen LogP contribution >= 0.6 is 0 Å². The molecule has 13 nitrogen and oxygen atoms in total. The van der Waals surface area contributed by atoms with Crippen molar-refractivity contribution < 1.29 is 43.3 Å². The van der Waals surface area contributed by atoms with Crippen LogP contribution < -0.4 is 15.0 Å². The van der Waals surface area contributed by atoms with E-state index in [1.807, 2.05) is 13.8 Å². The Bertz CT molecular complexity index is 1280. The molecule has 1 aromatic rings. The van der Waals surface area contributed by atoms with Gasteiger partial charge in [0, 0.05) is 64.7 Å². The zero-order valence-corrected chi connectivity index (χ0v) is 27.7. The molecule has 2 N–H and O–H groups in total. The number of rotatable bonds is 11. The van der Waals surface area contributed by atoms with E-state index in [4.69, 9.17) is 14.2 Å². The van der Waals surface area contributed by atoms with Gasteiger partial charge in [0.2, 0.25) is 12.2 Å². The Labute approximate surface area is 265 Å². The average Bonchev–Trinajstić information content (AvgIpc) is 2.94. The molecule has 45 heavy (non-hydrogen) atoms. The molecule has 2 heterocycles. The number of carbonyl (C=O) groups excluding carboxylic acids is 5. The van der Waals surface area contributed by atoms with Crippen molar-refractivity contribution in [1.82, 2.24) is 15.1 Å². The molecular formula is C32H48N4O9. The third kappa shape index (κ3) is 8.44. The van der Waals surface area contributed by atoms with Gasteiger partial charge in [0.05, 0.1) is 17.6 Å². The lowest BCUT2D eigenvalue weighted by Gasteiger charge is -2.42. The van der Waals surface area contributed by atoms with Crippen LogP contribution in [0.15, 0.2) is 12.1 Å². The number of hydrogen-bond acceptors (Lipinski definition) is 9. The first-order chi connectivity index (χ1) is 21.1. The molecule has 0 bridgehead atoms. The van der Waals surface area contributed by atoms with Crippen molar-refractivity contribution in [3.63, 3.8) is 0 Å². The van der Waals surface area contributed by atoms with Gasteiger partial charge in [0.1, 0.15) is 5.75 Å². The number of anilines is 1. The molecule has 1 aromatic carbocycles. The second-order valence-corrected chi connectivity index (χ2v) is 12.5. The summed E-state index contributed by atoms with van der Waals surface area (Å²) in [4.78, 5) is 69.0. The number of carbonyl (C=O) groups is 5. The maximum atomic E-state index is 14.3. The minimum absolute atomic E-state index is 0.0717. The summed E-state index contributed by atoms with van der Waals surface area (Å²) < 4.78 is 16.7. The van der Waals surface area contributed by atoms with E-state index in [0.717, 1.165) is 0 Å². The monoisotopic (exact) mass is 632 g/mol. The summed E-state index contributed by atoms with van der Waals surface area (Å²) in [5.41, 5.74) is 0.102. The number of aliphatic hydroxyl groups is 1. The summed E-state index contributed by atoms with van der Waals surface area (Å²) in [6, 6.07) is 2.83. The van der Waals surface area contributed by atoms with Gasteiger partial charge in [-0.3, -0.25) is 19.2 Å². The van der Waals surface area contributed by atoms with Gasteiger partial charge >= 0.3 is 12.1 Å². The zero-order chi connectivity index (χ0) is 33.6. The summed E-state index contributed by atoms with van der Waals surface area (Å²) in [6.45, 7) is 14.2. The minimum Gasteiger partial charge on any atom is -0.475 e. The number of esters is 1. The van der Waals surface area contributed by atoms with Gasteiger partial charge in [-0.25, -0.2) is 4.79 Å². The molecule has 0 spiro atoms. The Hall–Kier alpha value is -3.87. The number of likely N-dealkylation sites (tertiary alicyclic amines) is 1. The second-order valence-electron chi connectivity index (χ2n) is 12.5. The summed E-state index contributed by atoms with van der Waals surface area (Å²) in [6.07, 6.45) is -0.294. The molecule has 2 aliphatic heterocycles. The first-order valence-corrected chi connectivity index (χ1v) is 15.6. The number of benzene rings is 1. The number of hydrogen-bond donors (Lipinski definition) is 2. The second kappa shape index (κ2) is 14.9. The number of aliphatic hydroxyl groups excluding tert-OH is 1. The molecule has 3 rings (SSSR count). The van der Waals surface area contributed by atoms with Crippen LogP contribution in [0.25, 0.3) is 0 Å². The molecule has 1 fully saturated rings. The molecule has 0 radical (unpaired) electrons. The predicted octanol–water partition coefficient (Wildman–Crippen LogP) is 2.99. The van der Waals surface area contributed by atoms with E-state index in [-0.39, 0.29) is 68.4 Å². The molecule has 13 heteroatoms. The topological polar surface area (TPSA) is 155 Å². The highest BCUT2D eigenvalue weighted by molar-refractivity contribution is 6.05. The van der Waals surface area contributed by atoms with Crippen molar-refractivity contribution in [2.45, 2.75) is 98.6 Å². The maximum absolute atomic E-state index is 14.3. The van der Waals surface area contributed by atoms with E-state index in [9.17, 15) is 29.1 Å². The number of piperidine rings is 1. The number of nitrogens with zero attached hydrogens (tertiary/aromatic N) is 3. The zero-order valence-electron chi connectivity index (χ0n) is 27.7. The molecule has 250 valence electrons. The maximum Gasteiger partial charge on any atom is 0.412 e. The highest BCUT2D eigenvalue weighted by Gasteiger charge is 2.45. The molecule has 0 aliphatic carbocycles. The number of ether oxygens (including phenoxy) is 3. The van der Waals surface area contributed by atoms with Crippen LogP contribution in [0.1, 0.15) is 83.7 Å². The average molecular weight is 633 g/mol. The normalized spacial score (nSPS) is 20.3. The van der Waals surface area contributed by atoms with E-state index < -0.39 is 24.0 Å². The number of fused-ring (bicyclic) bond motifs is 1. The summed E-state index contributed by atoms with van der Waals surface area (Å²) in [5.74, 6) is -1.31. The number of amides is 4. The third-order valence-corrected chi connectivity index (χ3v) is 8.02. The van der Waals surface area contributed by atoms with Crippen LogP contribution in [0.3, 0.4) is 0 Å². The highest BCUT2D eigenvalue weighted by atomic mass is 16.7. The van der Waals surface area contributed by atoms with Gasteiger partial charge in [0.25, 0.3) is 11.8 Å². The van der Waals surface area contributed by atoms with Crippen LogP contribution in [0.2, 0.25) is 0 Å². The smallest absolute Gasteiger partial charge is 0.412 e.